The summed E-state index contributed by atoms with van der Waals surface area (Å²) in [6.45, 7) is 12.3. The van der Waals surface area contributed by atoms with Crippen molar-refractivity contribution in [2.24, 2.45) is 5.73 Å². The second-order valence-electron chi connectivity index (χ2n) is 6.37. The zero-order valence-corrected chi connectivity index (χ0v) is 14.1. The maximum Gasteiger partial charge on any atom is 0.408 e. The van der Waals surface area contributed by atoms with E-state index in [-0.39, 0.29) is 11.1 Å². The Kier molecular flexibility index (Phi) is 5.53. The Bertz CT molecular complexity index is 648. The lowest BCUT2D eigenvalue weighted by molar-refractivity contribution is -0.118. The molecule has 0 bridgehead atoms. The molecule has 0 aliphatic rings. The van der Waals surface area contributed by atoms with Crippen LogP contribution in [-0.2, 0) is 9.53 Å². The van der Waals surface area contributed by atoms with Crippen molar-refractivity contribution in [2.45, 2.75) is 46.3 Å². The third-order valence-corrected chi connectivity index (χ3v) is 3.30. The number of hydrogen-bond donors (Lipinski definition) is 2. The minimum atomic E-state index is -1.26. The number of carbonyl (C=O) groups excluding carboxylic acids is 2. The Hall–Kier alpha value is -2.37. The molecular weight excluding hydrogens is 299 g/mol. The van der Waals surface area contributed by atoms with E-state index in [1.807, 2.05) is 6.92 Å². The largest absolute Gasteiger partial charge is 0.444 e. The fourth-order valence-electron chi connectivity index (χ4n) is 2.08. The maximum absolute atomic E-state index is 14.2. The molecule has 6 heteroatoms. The summed E-state index contributed by atoms with van der Waals surface area (Å²) in [5.41, 5.74) is 6.32. The molecule has 0 spiro atoms. The van der Waals surface area contributed by atoms with Crippen molar-refractivity contribution in [1.29, 1.82) is 0 Å². The van der Waals surface area contributed by atoms with Crippen molar-refractivity contribution >= 4 is 17.6 Å². The predicted molar refractivity (Wildman–Crippen MR) is 87.3 cm³/mol. The van der Waals surface area contributed by atoms with Gasteiger partial charge < -0.3 is 15.8 Å². The number of ether oxygens (including phenoxy) is 1. The van der Waals surface area contributed by atoms with Crippen LogP contribution >= 0.6 is 0 Å². The van der Waals surface area contributed by atoms with E-state index >= 15 is 0 Å². The summed E-state index contributed by atoms with van der Waals surface area (Å²) < 4.78 is 19.3. The highest BCUT2D eigenvalue weighted by Gasteiger charge is 2.27. The second-order valence-corrected chi connectivity index (χ2v) is 6.37. The van der Waals surface area contributed by atoms with Gasteiger partial charge in [0.05, 0.1) is 0 Å². The van der Waals surface area contributed by atoms with E-state index in [0.717, 1.165) is 5.56 Å². The summed E-state index contributed by atoms with van der Waals surface area (Å²) in [6.07, 6.45) is -0.826. The number of nitrogens with one attached hydrogen (secondary N) is 1. The molecule has 0 saturated heterocycles. The summed E-state index contributed by atoms with van der Waals surface area (Å²) in [6, 6.07) is 1.65. The van der Waals surface area contributed by atoms with Crippen molar-refractivity contribution in [3.05, 3.63) is 41.2 Å². The molecule has 5 nitrogen and oxygen atoms in total. The Morgan fingerprint density at radius 2 is 1.87 bits per heavy atom. The smallest absolute Gasteiger partial charge is 0.408 e. The van der Waals surface area contributed by atoms with E-state index in [9.17, 15) is 14.0 Å². The maximum atomic E-state index is 14.2. The molecule has 1 atom stereocenters. The summed E-state index contributed by atoms with van der Waals surface area (Å²) in [7, 11) is 0. The second kappa shape index (κ2) is 6.81. The standard InChI is InChI=1S/C17H23FN2O3/c1-9-7-8-12(18)13(10(9)2)11(3)14(15(19)21)20-16(22)23-17(4,5)6/h7-8,14H,3H2,1-2,4-6H3,(H2,19,21)(H,20,22). The Morgan fingerprint density at radius 1 is 1.30 bits per heavy atom. The number of carbonyl (C=O) groups is 2. The zero-order valence-electron chi connectivity index (χ0n) is 14.1. The number of nitrogens with two attached hydrogens (primary N) is 1. The van der Waals surface area contributed by atoms with Gasteiger partial charge in [0.2, 0.25) is 5.91 Å². The van der Waals surface area contributed by atoms with Crippen LogP contribution in [0.4, 0.5) is 9.18 Å². The normalized spacial score (nSPS) is 12.4. The molecule has 1 aromatic rings. The van der Waals surface area contributed by atoms with Gasteiger partial charge in [-0.25, -0.2) is 9.18 Å². The molecule has 0 aromatic heterocycles. The molecule has 1 rings (SSSR count). The molecule has 1 aromatic carbocycles. The number of primary amides is 1. The van der Waals surface area contributed by atoms with Crippen molar-refractivity contribution < 1.29 is 18.7 Å². The first-order chi connectivity index (χ1) is 10.4. The van der Waals surface area contributed by atoms with Crippen molar-refractivity contribution in [3.63, 3.8) is 0 Å². The lowest BCUT2D eigenvalue weighted by Gasteiger charge is -2.24. The fraction of sp³-hybridized carbons (Fsp3) is 0.412. The van der Waals surface area contributed by atoms with Crippen LogP contribution in [0.25, 0.3) is 5.57 Å². The number of aryl methyl sites for hydroxylation is 1. The predicted octanol–water partition coefficient (Wildman–Crippen LogP) is 2.83. The number of amides is 2. The highest BCUT2D eigenvalue weighted by molar-refractivity contribution is 5.97. The highest BCUT2D eigenvalue weighted by Crippen LogP contribution is 2.26. The van der Waals surface area contributed by atoms with E-state index in [2.05, 4.69) is 11.9 Å². The first-order valence-electron chi connectivity index (χ1n) is 7.17. The van der Waals surface area contributed by atoms with Gasteiger partial charge in [-0.15, -0.1) is 0 Å². The van der Waals surface area contributed by atoms with Gasteiger partial charge in [-0.1, -0.05) is 12.6 Å². The molecule has 126 valence electrons. The Balaban J connectivity index is 3.13. The van der Waals surface area contributed by atoms with Crippen molar-refractivity contribution in [2.75, 3.05) is 0 Å². The van der Waals surface area contributed by atoms with Gasteiger partial charge in [0, 0.05) is 5.56 Å². The van der Waals surface area contributed by atoms with Crippen molar-refractivity contribution in [1.82, 2.24) is 5.32 Å². The summed E-state index contributed by atoms with van der Waals surface area (Å²) in [4.78, 5) is 23.6. The quantitative estimate of drug-likeness (QED) is 0.894. The zero-order chi connectivity index (χ0) is 17.9. The van der Waals surface area contributed by atoms with Gasteiger partial charge >= 0.3 is 6.09 Å². The number of benzene rings is 1. The van der Waals surface area contributed by atoms with Gasteiger partial charge in [0.25, 0.3) is 0 Å². The van der Waals surface area contributed by atoms with E-state index in [0.29, 0.717) is 5.56 Å². The van der Waals surface area contributed by atoms with Crippen LogP contribution in [0.5, 0.6) is 0 Å². The highest BCUT2D eigenvalue weighted by atomic mass is 19.1. The van der Waals surface area contributed by atoms with Crippen LogP contribution in [0.2, 0.25) is 0 Å². The number of rotatable bonds is 4. The molecule has 1 unspecified atom stereocenters. The average Bonchev–Trinajstić information content (AvgIpc) is 2.38. The van der Waals surface area contributed by atoms with Crippen LogP contribution in [0, 0.1) is 19.7 Å². The molecule has 0 fully saturated rings. The van der Waals surface area contributed by atoms with Gasteiger partial charge in [-0.2, -0.15) is 0 Å². The molecule has 2 amide bonds. The molecule has 0 aliphatic heterocycles. The van der Waals surface area contributed by atoms with E-state index in [4.69, 9.17) is 10.5 Å². The van der Waals surface area contributed by atoms with Crippen LogP contribution in [-0.4, -0.2) is 23.6 Å². The molecule has 3 N–H and O–H groups in total. The van der Waals surface area contributed by atoms with Crippen LogP contribution in [0.1, 0.15) is 37.5 Å². The van der Waals surface area contributed by atoms with Gasteiger partial charge in [-0.3, -0.25) is 4.79 Å². The van der Waals surface area contributed by atoms with E-state index < -0.39 is 29.5 Å². The molecule has 0 heterocycles. The van der Waals surface area contributed by atoms with Crippen LogP contribution < -0.4 is 11.1 Å². The third-order valence-electron chi connectivity index (χ3n) is 3.30. The molecule has 0 saturated carbocycles. The third kappa shape index (κ3) is 4.81. The Labute approximate surface area is 135 Å². The minimum Gasteiger partial charge on any atom is -0.444 e. The monoisotopic (exact) mass is 322 g/mol. The lowest BCUT2D eigenvalue weighted by Crippen LogP contribution is -2.47. The molecular formula is C17H23FN2O3. The fourth-order valence-corrected chi connectivity index (χ4v) is 2.08. The minimum absolute atomic E-state index is 0.0852. The van der Waals surface area contributed by atoms with Crippen LogP contribution in [0.3, 0.4) is 0 Å². The summed E-state index contributed by atoms with van der Waals surface area (Å²) in [5.74, 6) is -1.38. The van der Waals surface area contributed by atoms with Gasteiger partial charge in [-0.05, 0) is 57.4 Å². The SMILES string of the molecule is C=C(c1c(F)ccc(C)c1C)C(NC(=O)OC(C)(C)C)C(N)=O. The molecule has 0 radical (unpaired) electrons. The molecule has 23 heavy (non-hydrogen) atoms. The van der Waals surface area contributed by atoms with Crippen LogP contribution in [0.15, 0.2) is 18.7 Å². The summed E-state index contributed by atoms with van der Waals surface area (Å²) >= 11 is 0. The Morgan fingerprint density at radius 3 is 2.35 bits per heavy atom. The topological polar surface area (TPSA) is 81.4 Å². The number of hydrogen-bond acceptors (Lipinski definition) is 3. The van der Waals surface area contributed by atoms with Crippen molar-refractivity contribution in [3.8, 4) is 0 Å². The first kappa shape index (κ1) is 18.7. The molecule has 0 aliphatic carbocycles. The van der Waals surface area contributed by atoms with Gasteiger partial charge in [0.15, 0.2) is 0 Å². The van der Waals surface area contributed by atoms with Gasteiger partial charge in [0.1, 0.15) is 17.5 Å². The number of alkyl carbamates (subject to hydrolysis) is 1. The number of halogens is 1. The first-order valence-corrected chi connectivity index (χ1v) is 7.17. The lowest BCUT2D eigenvalue weighted by atomic mass is 9.92. The van der Waals surface area contributed by atoms with E-state index in [1.54, 1.807) is 33.8 Å². The van der Waals surface area contributed by atoms with E-state index in [1.165, 1.54) is 6.07 Å². The summed E-state index contributed by atoms with van der Waals surface area (Å²) in [5, 5.41) is 2.34. The average molecular weight is 322 g/mol.